The van der Waals surface area contributed by atoms with E-state index in [0.29, 0.717) is 12.1 Å². The summed E-state index contributed by atoms with van der Waals surface area (Å²) in [5, 5.41) is 15.3. The number of benzene rings is 1. The Bertz CT molecular complexity index is 774. The van der Waals surface area contributed by atoms with Crippen molar-refractivity contribution in [3.63, 3.8) is 0 Å². The van der Waals surface area contributed by atoms with Gasteiger partial charge in [0, 0.05) is 6.07 Å². The number of methoxy groups -OCH3 is 1. The molecule has 9 nitrogen and oxygen atoms in total. The maximum absolute atomic E-state index is 13.7. The molecule has 0 fully saturated rings. The molecule has 0 bridgehead atoms. The summed E-state index contributed by atoms with van der Waals surface area (Å²) in [6, 6.07) is 1.02. The predicted octanol–water partition coefficient (Wildman–Crippen LogP) is -0.195. The fraction of sp³-hybridized carbons (Fsp3) is 0.333. The van der Waals surface area contributed by atoms with Crippen LogP contribution >= 0.6 is 0 Å². The van der Waals surface area contributed by atoms with Crippen molar-refractivity contribution in [2.24, 2.45) is 5.14 Å². The van der Waals surface area contributed by atoms with Crippen LogP contribution in [0.5, 0.6) is 5.75 Å². The van der Waals surface area contributed by atoms with Gasteiger partial charge in [0.25, 0.3) is 0 Å². The fourth-order valence-corrected chi connectivity index (χ4v) is 4.07. The summed E-state index contributed by atoms with van der Waals surface area (Å²) in [5.74, 6) is -3.70. The van der Waals surface area contributed by atoms with Crippen molar-refractivity contribution in [1.29, 1.82) is 0 Å². The molecule has 1 aromatic carbocycles. The zero-order valence-electron chi connectivity index (χ0n) is 10.6. The van der Waals surface area contributed by atoms with Crippen molar-refractivity contribution < 1.29 is 30.9 Å². The first kappa shape index (κ1) is 17.3. The van der Waals surface area contributed by atoms with E-state index in [1.54, 1.807) is 0 Å². The van der Waals surface area contributed by atoms with Crippen molar-refractivity contribution in [2.75, 3.05) is 18.6 Å². The number of hydrogen-bond acceptors (Lipinski definition) is 7. The first-order valence-corrected chi connectivity index (χ1v) is 8.60. The molecule has 1 rings (SSSR count). The fourth-order valence-electron chi connectivity index (χ4n) is 1.40. The average molecular weight is 342 g/mol. The lowest BCUT2D eigenvalue weighted by Crippen LogP contribution is -2.23. The Labute approximate surface area is 119 Å². The van der Waals surface area contributed by atoms with E-state index in [1.807, 2.05) is 0 Å². The minimum absolute atomic E-state index is 0.392. The van der Waals surface area contributed by atoms with E-state index in [4.69, 9.17) is 0 Å². The van der Waals surface area contributed by atoms with Crippen LogP contribution in [-0.4, -0.2) is 40.4 Å². The van der Waals surface area contributed by atoms with Crippen LogP contribution in [0.4, 0.5) is 10.1 Å². The molecule has 0 aromatic heterocycles. The first-order valence-electron chi connectivity index (χ1n) is 5.23. The van der Waals surface area contributed by atoms with Crippen LogP contribution in [0, 0.1) is 15.9 Å². The monoisotopic (exact) mass is 342 g/mol. The quantitative estimate of drug-likeness (QED) is 0.556. The lowest BCUT2D eigenvalue weighted by molar-refractivity contribution is -0.386. The molecule has 0 spiro atoms. The van der Waals surface area contributed by atoms with Gasteiger partial charge in [-0.25, -0.2) is 26.4 Å². The number of halogens is 1. The van der Waals surface area contributed by atoms with Crippen LogP contribution in [-0.2, 0) is 19.9 Å². The third-order valence-corrected chi connectivity index (χ3v) is 5.16. The lowest BCUT2D eigenvalue weighted by Gasteiger charge is -2.08. The van der Waals surface area contributed by atoms with Crippen LogP contribution in [0.25, 0.3) is 0 Å². The predicted molar refractivity (Wildman–Crippen MR) is 69.6 cm³/mol. The number of sulfone groups is 1. The number of primary sulfonamides is 1. The number of hydrogen-bond donors (Lipinski definition) is 1. The second kappa shape index (κ2) is 5.91. The molecule has 0 amide bonds. The van der Waals surface area contributed by atoms with Gasteiger partial charge in [-0.05, 0) is 0 Å². The van der Waals surface area contributed by atoms with Gasteiger partial charge < -0.3 is 4.74 Å². The van der Waals surface area contributed by atoms with Crippen molar-refractivity contribution >= 4 is 25.5 Å². The maximum Gasteiger partial charge on any atom is 0.313 e. The molecular weight excluding hydrogens is 331 g/mol. The molecule has 118 valence electrons. The summed E-state index contributed by atoms with van der Waals surface area (Å²) in [5.41, 5.74) is -0.750. The van der Waals surface area contributed by atoms with Gasteiger partial charge in [0.2, 0.25) is 10.0 Å². The number of nitrogens with zero attached hydrogens (tertiary/aromatic N) is 1. The normalized spacial score (nSPS) is 12.1. The van der Waals surface area contributed by atoms with Gasteiger partial charge in [-0.2, -0.15) is 0 Å². The van der Waals surface area contributed by atoms with Crippen LogP contribution in [0.3, 0.4) is 0 Å². The zero-order valence-corrected chi connectivity index (χ0v) is 12.3. The third-order valence-electron chi connectivity index (χ3n) is 2.40. The molecule has 0 aliphatic carbocycles. The third kappa shape index (κ3) is 4.34. The molecule has 0 saturated carbocycles. The summed E-state index contributed by atoms with van der Waals surface area (Å²) >= 11 is 0. The summed E-state index contributed by atoms with van der Waals surface area (Å²) in [6.07, 6.45) is 0. The van der Waals surface area contributed by atoms with Crippen LogP contribution in [0.15, 0.2) is 17.0 Å². The topological polar surface area (TPSA) is 147 Å². The minimum Gasteiger partial charge on any atom is -0.490 e. The number of nitrogens with two attached hydrogens (primary N) is 1. The summed E-state index contributed by atoms with van der Waals surface area (Å²) in [7, 11) is -7.35. The van der Waals surface area contributed by atoms with Gasteiger partial charge in [-0.3, -0.25) is 10.1 Å². The van der Waals surface area contributed by atoms with E-state index in [9.17, 15) is 31.3 Å². The Balaban J connectivity index is 3.34. The smallest absolute Gasteiger partial charge is 0.313 e. The number of ether oxygens (including phenoxy) is 1. The Morgan fingerprint density at radius 3 is 2.29 bits per heavy atom. The second-order valence-corrected chi connectivity index (χ2v) is 7.71. The molecule has 0 radical (unpaired) electrons. The SMILES string of the molecule is COc1cc(S(=O)(=O)CCS(N)(=O)=O)c(F)cc1[N+](=O)[O-]. The van der Waals surface area contributed by atoms with Gasteiger partial charge in [-0.1, -0.05) is 0 Å². The van der Waals surface area contributed by atoms with Gasteiger partial charge >= 0.3 is 5.69 Å². The maximum atomic E-state index is 13.7. The van der Waals surface area contributed by atoms with Gasteiger partial charge in [0.15, 0.2) is 15.6 Å². The summed E-state index contributed by atoms with van der Waals surface area (Å²) < 4.78 is 63.6. The molecular formula is C9H11FN2O7S2. The molecule has 0 aliphatic heterocycles. The zero-order chi connectivity index (χ0) is 16.4. The highest BCUT2D eigenvalue weighted by molar-refractivity contribution is 7.94. The van der Waals surface area contributed by atoms with Crippen molar-refractivity contribution in [1.82, 2.24) is 0 Å². The van der Waals surface area contributed by atoms with Crippen molar-refractivity contribution in [3.05, 3.63) is 28.1 Å². The van der Waals surface area contributed by atoms with Crippen LogP contribution < -0.4 is 9.88 Å². The molecule has 0 heterocycles. The molecule has 0 saturated heterocycles. The number of sulfonamides is 1. The molecule has 21 heavy (non-hydrogen) atoms. The highest BCUT2D eigenvalue weighted by Crippen LogP contribution is 2.32. The van der Waals surface area contributed by atoms with E-state index in [2.05, 4.69) is 9.88 Å². The number of nitro benzene ring substituents is 1. The molecule has 2 N–H and O–H groups in total. The minimum atomic E-state index is -4.34. The van der Waals surface area contributed by atoms with Gasteiger partial charge in [0.05, 0.1) is 29.6 Å². The Morgan fingerprint density at radius 2 is 1.86 bits per heavy atom. The van der Waals surface area contributed by atoms with Gasteiger partial charge in [-0.15, -0.1) is 0 Å². The number of nitro groups is 1. The largest absolute Gasteiger partial charge is 0.490 e. The van der Waals surface area contributed by atoms with Gasteiger partial charge in [0.1, 0.15) is 10.7 Å². The van der Waals surface area contributed by atoms with E-state index in [1.165, 1.54) is 0 Å². The molecule has 0 atom stereocenters. The standard InChI is InChI=1S/C9H11FN2O7S2/c1-19-8-5-9(6(10)4-7(8)12(13)14)20(15,16)2-3-21(11,17)18/h4-5H,2-3H2,1H3,(H2,11,17,18). The van der Waals surface area contributed by atoms with Crippen molar-refractivity contribution in [3.8, 4) is 5.75 Å². The van der Waals surface area contributed by atoms with Crippen LogP contribution in [0.1, 0.15) is 0 Å². The molecule has 0 aliphatic rings. The number of rotatable bonds is 6. The first-order chi connectivity index (χ1) is 9.48. The Morgan fingerprint density at radius 1 is 1.29 bits per heavy atom. The van der Waals surface area contributed by atoms with Crippen molar-refractivity contribution in [2.45, 2.75) is 4.90 Å². The second-order valence-electron chi connectivity index (χ2n) is 3.90. The van der Waals surface area contributed by atoms with E-state index in [0.717, 1.165) is 7.11 Å². The molecule has 0 unspecified atom stereocenters. The summed E-state index contributed by atoms with van der Waals surface area (Å²) in [4.78, 5) is 8.83. The average Bonchev–Trinajstić information content (AvgIpc) is 2.35. The van der Waals surface area contributed by atoms with E-state index >= 15 is 0 Å². The lowest BCUT2D eigenvalue weighted by atomic mass is 10.3. The molecule has 1 aromatic rings. The van der Waals surface area contributed by atoms with E-state index in [-0.39, 0.29) is 0 Å². The Hall–Kier alpha value is -1.79. The molecule has 12 heteroatoms. The van der Waals surface area contributed by atoms with E-state index < -0.39 is 58.4 Å². The van der Waals surface area contributed by atoms with Crippen LogP contribution in [0.2, 0.25) is 0 Å². The highest BCUT2D eigenvalue weighted by Gasteiger charge is 2.27. The highest BCUT2D eigenvalue weighted by atomic mass is 32.2. The summed E-state index contributed by atoms with van der Waals surface area (Å²) in [6.45, 7) is 0. The Kier molecular flexibility index (Phi) is 4.86.